The Morgan fingerprint density at radius 2 is 2.02 bits per heavy atom. The number of thioether (sulfide) groups is 1. The average molecular weight is 594 g/mol. The van der Waals surface area contributed by atoms with E-state index in [0.717, 1.165) is 35.3 Å². The van der Waals surface area contributed by atoms with Crippen LogP contribution in [0.2, 0.25) is 0 Å². The fourth-order valence-corrected chi connectivity index (χ4v) is 7.77. The Balaban J connectivity index is 1.52. The van der Waals surface area contributed by atoms with E-state index in [1.54, 1.807) is 6.92 Å². The molecule has 3 aromatic heterocycles. The summed E-state index contributed by atoms with van der Waals surface area (Å²) in [6.07, 6.45) is 2.76. The molecule has 0 saturated heterocycles. The first-order chi connectivity index (χ1) is 19.1. The van der Waals surface area contributed by atoms with Crippen LogP contribution in [-0.4, -0.2) is 29.2 Å². The van der Waals surface area contributed by atoms with E-state index in [4.69, 9.17) is 10.5 Å². The number of rotatable bonds is 8. The zero-order valence-electron chi connectivity index (χ0n) is 22.9. The number of esters is 1. The number of pyridine rings is 1. The number of nitriles is 2. The van der Waals surface area contributed by atoms with Crippen molar-refractivity contribution in [3.63, 3.8) is 0 Å². The molecule has 1 unspecified atom stereocenters. The molecule has 0 aromatic carbocycles. The smallest absolute Gasteiger partial charge is 0.341 e. The van der Waals surface area contributed by atoms with Crippen LogP contribution < -0.4 is 11.1 Å². The van der Waals surface area contributed by atoms with Crippen molar-refractivity contribution in [2.45, 2.75) is 58.4 Å². The molecule has 0 aliphatic heterocycles. The molecule has 0 spiro atoms. The van der Waals surface area contributed by atoms with Gasteiger partial charge in [0.2, 0.25) is 5.91 Å². The van der Waals surface area contributed by atoms with Crippen LogP contribution in [0.15, 0.2) is 21.9 Å². The van der Waals surface area contributed by atoms with Gasteiger partial charge in [-0.15, -0.1) is 23.1 Å². The summed E-state index contributed by atoms with van der Waals surface area (Å²) >= 11 is 4.15. The number of carbonyl (C=O) groups excluding carboxylic acids is 2. The number of aromatic nitrogens is 1. The lowest BCUT2D eigenvalue weighted by Crippen LogP contribution is -2.26. The molecular formula is C29H31N5O3S3. The van der Waals surface area contributed by atoms with Crippen molar-refractivity contribution < 1.29 is 14.3 Å². The molecule has 3 aromatic rings. The van der Waals surface area contributed by atoms with E-state index in [-0.39, 0.29) is 41.3 Å². The SMILES string of the molecule is CCOC(=O)c1c(NC(=O)CCSc2nc(N)c(C#N)c(-c3ccsc3)c2C#N)sc2c1CCC(C(C)(C)C)C2. The third-order valence-corrected chi connectivity index (χ3v) is 9.85. The van der Waals surface area contributed by atoms with Crippen molar-refractivity contribution in [1.29, 1.82) is 10.5 Å². The lowest BCUT2D eigenvalue weighted by Gasteiger charge is -2.33. The minimum Gasteiger partial charge on any atom is -0.462 e. The average Bonchev–Trinajstić information content (AvgIpc) is 3.55. The lowest BCUT2D eigenvalue weighted by atomic mass is 9.72. The predicted octanol–water partition coefficient (Wildman–Crippen LogP) is 6.65. The van der Waals surface area contributed by atoms with E-state index in [9.17, 15) is 20.1 Å². The molecule has 1 aliphatic rings. The number of nitrogens with two attached hydrogens (primary N) is 1. The highest BCUT2D eigenvalue weighted by Gasteiger charge is 2.34. The Morgan fingerprint density at radius 1 is 1.27 bits per heavy atom. The molecule has 1 atom stereocenters. The molecule has 3 heterocycles. The number of nitrogens with one attached hydrogen (secondary N) is 1. The number of fused-ring (bicyclic) bond motifs is 1. The molecule has 208 valence electrons. The maximum atomic E-state index is 13.0. The molecule has 1 amide bonds. The Hall–Kier alpha value is -3.38. The summed E-state index contributed by atoms with van der Waals surface area (Å²) in [5.41, 5.74) is 9.32. The van der Waals surface area contributed by atoms with Gasteiger partial charge in [0.15, 0.2) is 0 Å². The Bertz CT molecular complexity index is 1510. The summed E-state index contributed by atoms with van der Waals surface area (Å²) in [7, 11) is 0. The molecule has 11 heteroatoms. The zero-order valence-corrected chi connectivity index (χ0v) is 25.4. The zero-order chi connectivity index (χ0) is 29.0. The first-order valence-electron chi connectivity index (χ1n) is 13.0. The van der Waals surface area contributed by atoms with E-state index in [1.807, 2.05) is 16.8 Å². The van der Waals surface area contributed by atoms with Gasteiger partial charge in [-0.25, -0.2) is 9.78 Å². The van der Waals surface area contributed by atoms with Crippen LogP contribution in [0.25, 0.3) is 11.1 Å². The number of anilines is 2. The maximum absolute atomic E-state index is 13.0. The molecular weight excluding hydrogens is 563 g/mol. The molecule has 3 N–H and O–H groups in total. The Kier molecular flexibility index (Phi) is 9.19. The molecule has 8 nitrogen and oxygen atoms in total. The van der Waals surface area contributed by atoms with Crippen molar-refractivity contribution in [2.24, 2.45) is 11.3 Å². The van der Waals surface area contributed by atoms with Crippen molar-refractivity contribution in [2.75, 3.05) is 23.4 Å². The van der Waals surface area contributed by atoms with Gasteiger partial charge in [-0.2, -0.15) is 21.9 Å². The maximum Gasteiger partial charge on any atom is 0.341 e. The molecule has 1 aliphatic carbocycles. The standard InChI is InChI=1S/C29H31N5O3S3/c1-5-37-28(36)24-18-7-6-17(29(2,3)4)12-21(18)40-27(24)33-22(35)9-11-39-26-20(14-31)23(16-8-10-38-15-16)19(13-30)25(32)34-26/h8,10,15,17H,5-7,9,11-12H2,1-4H3,(H2,32,34)(H,33,35). The third kappa shape index (κ3) is 6.17. The topological polar surface area (TPSA) is 142 Å². The highest BCUT2D eigenvalue weighted by molar-refractivity contribution is 7.99. The van der Waals surface area contributed by atoms with Crippen LogP contribution in [0.3, 0.4) is 0 Å². The monoisotopic (exact) mass is 593 g/mol. The van der Waals surface area contributed by atoms with Crippen LogP contribution in [0, 0.1) is 34.0 Å². The Morgan fingerprint density at radius 3 is 2.65 bits per heavy atom. The van der Waals surface area contributed by atoms with Crippen LogP contribution in [0.4, 0.5) is 10.8 Å². The van der Waals surface area contributed by atoms with E-state index >= 15 is 0 Å². The number of nitrogen functional groups attached to an aromatic ring is 1. The number of hydrogen-bond donors (Lipinski definition) is 2. The number of hydrogen-bond acceptors (Lipinski definition) is 10. The number of nitrogens with zero attached hydrogens (tertiary/aromatic N) is 3. The van der Waals surface area contributed by atoms with Crippen LogP contribution in [0.1, 0.15) is 72.5 Å². The van der Waals surface area contributed by atoms with Gasteiger partial charge >= 0.3 is 5.97 Å². The van der Waals surface area contributed by atoms with Gasteiger partial charge in [0.1, 0.15) is 33.5 Å². The Labute approximate surface area is 246 Å². The van der Waals surface area contributed by atoms with E-state index < -0.39 is 5.97 Å². The lowest BCUT2D eigenvalue weighted by molar-refractivity contribution is -0.115. The molecule has 4 rings (SSSR count). The highest BCUT2D eigenvalue weighted by atomic mass is 32.2. The summed E-state index contributed by atoms with van der Waals surface area (Å²) in [6.45, 7) is 8.74. The van der Waals surface area contributed by atoms with E-state index in [0.29, 0.717) is 32.8 Å². The summed E-state index contributed by atoms with van der Waals surface area (Å²) < 4.78 is 5.34. The number of carbonyl (C=O) groups is 2. The number of thiophene rings is 2. The van der Waals surface area contributed by atoms with Crippen LogP contribution in [0.5, 0.6) is 0 Å². The van der Waals surface area contributed by atoms with Gasteiger partial charge in [0.25, 0.3) is 0 Å². The second-order valence-corrected chi connectivity index (χ2v) is 13.5. The van der Waals surface area contributed by atoms with Gasteiger partial charge in [-0.05, 0) is 65.5 Å². The molecule has 0 radical (unpaired) electrons. The normalized spacial score (nSPS) is 14.6. The fraction of sp³-hybridized carbons (Fsp3) is 0.414. The van der Waals surface area contributed by atoms with Crippen molar-refractivity contribution in [3.8, 4) is 23.3 Å². The minimum absolute atomic E-state index is 0.0476. The van der Waals surface area contributed by atoms with Gasteiger partial charge in [-0.1, -0.05) is 20.8 Å². The molecule has 0 bridgehead atoms. The van der Waals surface area contributed by atoms with Gasteiger partial charge in [0, 0.05) is 22.6 Å². The molecule has 0 fully saturated rings. The number of ether oxygens (including phenoxy) is 1. The quantitative estimate of drug-likeness (QED) is 0.218. The van der Waals surface area contributed by atoms with E-state index in [1.165, 1.54) is 34.4 Å². The summed E-state index contributed by atoms with van der Waals surface area (Å²) in [6, 6.07) is 6.06. The molecule has 40 heavy (non-hydrogen) atoms. The third-order valence-electron chi connectivity index (χ3n) is 7.02. The van der Waals surface area contributed by atoms with Gasteiger partial charge in [0.05, 0.1) is 17.7 Å². The summed E-state index contributed by atoms with van der Waals surface area (Å²) in [5.74, 6) is 0.215. The van der Waals surface area contributed by atoms with Crippen LogP contribution >= 0.6 is 34.4 Å². The molecule has 0 saturated carbocycles. The second kappa shape index (κ2) is 12.4. The first kappa shape index (κ1) is 29.6. The van der Waals surface area contributed by atoms with Crippen molar-refractivity contribution in [1.82, 2.24) is 4.98 Å². The predicted molar refractivity (Wildman–Crippen MR) is 161 cm³/mol. The second-order valence-electron chi connectivity index (χ2n) is 10.5. The first-order valence-corrected chi connectivity index (χ1v) is 15.7. The summed E-state index contributed by atoms with van der Waals surface area (Å²) in [5, 5.41) is 27.1. The van der Waals surface area contributed by atoms with Crippen molar-refractivity contribution >= 4 is 57.1 Å². The largest absolute Gasteiger partial charge is 0.462 e. The van der Waals surface area contributed by atoms with Crippen molar-refractivity contribution in [3.05, 3.63) is 44.0 Å². The summed E-state index contributed by atoms with van der Waals surface area (Å²) in [4.78, 5) is 31.4. The minimum atomic E-state index is -0.407. The van der Waals surface area contributed by atoms with E-state index in [2.05, 4.69) is 43.2 Å². The highest BCUT2D eigenvalue weighted by Crippen LogP contribution is 2.44. The van der Waals surface area contributed by atoms with Crippen LogP contribution in [-0.2, 0) is 22.4 Å². The van der Waals surface area contributed by atoms with Gasteiger partial charge < -0.3 is 15.8 Å². The van der Waals surface area contributed by atoms with Gasteiger partial charge in [-0.3, -0.25) is 4.79 Å². The fourth-order valence-electron chi connectivity index (χ4n) is 4.86. The number of amides is 1.